The van der Waals surface area contributed by atoms with Gasteiger partial charge in [0.15, 0.2) is 0 Å². The Bertz CT molecular complexity index is 422. The summed E-state index contributed by atoms with van der Waals surface area (Å²) in [5, 5.41) is 7.14. The third kappa shape index (κ3) is 2.74. The molecule has 1 aliphatic rings. The SMILES string of the molecule is CC1CCN(C(=O)c2cc(C(C)(C)C)[nH]n2)CC1. The van der Waals surface area contributed by atoms with Crippen molar-refractivity contribution in [3.05, 3.63) is 17.5 Å². The van der Waals surface area contributed by atoms with E-state index in [1.165, 1.54) is 0 Å². The minimum Gasteiger partial charge on any atom is -0.337 e. The number of piperidine rings is 1. The Labute approximate surface area is 109 Å². The Kier molecular flexibility index (Phi) is 3.46. The molecule has 1 saturated heterocycles. The summed E-state index contributed by atoms with van der Waals surface area (Å²) < 4.78 is 0. The van der Waals surface area contributed by atoms with Crippen LogP contribution in [0.2, 0.25) is 0 Å². The Morgan fingerprint density at radius 1 is 1.39 bits per heavy atom. The molecule has 2 heterocycles. The molecule has 4 nitrogen and oxygen atoms in total. The molecule has 0 saturated carbocycles. The van der Waals surface area contributed by atoms with E-state index in [-0.39, 0.29) is 11.3 Å². The van der Waals surface area contributed by atoms with Gasteiger partial charge in [0.05, 0.1) is 0 Å². The summed E-state index contributed by atoms with van der Waals surface area (Å²) in [4.78, 5) is 14.2. The number of nitrogens with zero attached hydrogens (tertiary/aromatic N) is 2. The van der Waals surface area contributed by atoms with Crippen LogP contribution in [0.1, 0.15) is 56.7 Å². The molecule has 0 radical (unpaired) electrons. The molecule has 0 aromatic carbocycles. The van der Waals surface area contributed by atoms with E-state index in [4.69, 9.17) is 0 Å². The number of H-pyrrole nitrogens is 1. The summed E-state index contributed by atoms with van der Waals surface area (Å²) in [6, 6.07) is 1.89. The first-order chi connectivity index (χ1) is 8.38. The molecule has 1 aliphatic heterocycles. The van der Waals surface area contributed by atoms with Gasteiger partial charge in [-0.3, -0.25) is 9.89 Å². The fraction of sp³-hybridized carbons (Fsp3) is 0.714. The Hall–Kier alpha value is -1.32. The second-order valence-corrected chi connectivity index (χ2v) is 6.39. The standard InChI is InChI=1S/C14H23N3O/c1-10-5-7-17(8-6-10)13(18)11-9-12(16-15-11)14(2,3)4/h9-10H,5-8H2,1-4H3,(H,15,16). The van der Waals surface area contributed by atoms with E-state index in [2.05, 4.69) is 37.9 Å². The van der Waals surface area contributed by atoms with Gasteiger partial charge in [0.1, 0.15) is 5.69 Å². The third-order valence-electron chi connectivity index (χ3n) is 3.68. The van der Waals surface area contributed by atoms with Crippen LogP contribution in [0.15, 0.2) is 6.07 Å². The highest BCUT2D eigenvalue weighted by atomic mass is 16.2. The zero-order chi connectivity index (χ0) is 13.3. The molecule has 100 valence electrons. The molecule has 4 heteroatoms. The number of aromatic amines is 1. The van der Waals surface area contributed by atoms with Gasteiger partial charge < -0.3 is 4.90 Å². The van der Waals surface area contributed by atoms with Gasteiger partial charge in [-0.2, -0.15) is 5.10 Å². The molecular formula is C14H23N3O. The minimum atomic E-state index is 0.00193. The average molecular weight is 249 g/mol. The first-order valence-electron chi connectivity index (χ1n) is 6.73. The van der Waals surface area contributed by atoms with Crippen molar-refractivity contribution in [2.75, 3.05) is 13.1 Å². The summed E-state index contributed by atoms with van der Waals surface area (Å²) >= 11 is 0. The summed E-state index contributed by atoms with van der Waals surface area (Å²) in [6.45, 7) is 10.3. The van der Waals surface area contributed by atoms with Crippen molar-refractivity contribution in [3.8, 4) is 0 Å². The maximum absolute atomic E-state index is 12.3. The van der Waals surface area contributed by atoms with E-state index in [0.29, 0.717) is 5.69 Å². The van der Waals surface area contributed by atoms with Gasteiger partial charge >= 0.3 is 0 Å². The van der Waals surface area contributed by atoms with E-state index in [0.717, 1.165) is 37.5 Å². The van der Waals surface area contributed by atoms with E-state index in [1.807, 2.05) is 11.0 Å². The molecule has 0 spiro atoms. The fourth-order valence-corrected chi connectivity index (χ4v) is 2.19. The van der Waals surface area contributed by atoms with Crippen LogP contribution in [0.3, 0.4) is 0 Å². The van der Waals surface area contributed by atoms with Crippen molar-refractivity contribution in [1.82, 2.24) is 15.1 Å². The van der Waals surface area contributed by atoms with Crippen LogP contribution in [-0.4, -0.2) is 34.1 Å². The molecule has 0 atom stereocenters. The monoisotopic (exact) mass is 249 g/mol. The van der Waals surface area contributed by atoms with Gasteiger partial charge in [-0.1, -0.05) is 27.7 Å². The highest BCUT2D eigenvalue weighted by molar-refractivity contribution is 5.92. The smallest absolute Gasteiger partial charge is 0.274 e. The maximum atomic E-state index is 12.3. The van der Waals surface area contributed by atoms with Crippen LogP contribution in [0.5, 0.6) is 0 Å². The molecule has 18 heavy (non-hydrogen) atoms. The van der Waals surface area contributed by atoms with Gasteiger partial charge in [0, 0.05) is 24.2 Å². The highest BCUT2D eigenvalue weighted by Crippen LogP contribution is 2.22. The van der Waals surface area contributed by atoms with Gasteiger partial charge in [-0.15, -0.1) is 0 Å². The van der Waals surface area contributed by atoms with Crippen LogP contribution < -0.4 is 0 Å². The van der Waals surface area contributed by atoms with E-state index < -0.39 is 0 Å². The number of aromatic nitrogens is 2. The zero-order valence-corrected chi connectivity index (χ0v) is 11.8. The van der Waals surface area contributed by atoms with Gasteiger partial charge in [-0.05, 0) is 24.8 Å². The Morgan fingerprint density at radius 2 is 2.00 bits per heavy atom. The molecule has 0 aliphatic carbocycles. The lowest BCUT2D eigenvalue weighted by Crippen LogP contribution is -2.38. The minimum absolute atomic E-state index is 0.00193. The van der Waals surface area contributed by atoms with Gasteiger partial charge in [0.25, 0.3) is 5.91 Å². The lowest BCUT2D eigenvalue weighted by molar-refractivity contribution is 0.0691. The van der Waals surface area contributed by atoms with Crippen LogP contribution >= 0.6 is 0 Å². The number of carbonyl (C=O) groups excluding carboxylic acids is 1. The fourth-order valence-electron chi connectivity index (χ4n) is 2.19. The second-order valence-electron chi connectivity index (χ2n) is 6.39. The van der Waals surface area contributed by atoms with Crippen LogP contribution in [-0.2, 0) is 5.41 Å². The molecule has 1 N–H and O–H groups in total. The van der Waals surface area contributed by atoms with Crippen LogP contribution in [0, 0.1) is 5.92 Å². The number of carbonyl (C=O) groups is 1. The van der Waals surface area contributed by atoms with E-state index >= 15 is 0 Å². The molecule has 1 aromatic rings. The van der Waals surface area contributed by atoms with E-state index in [1.54, 1.807) is 0 Å². The molecule has 2 rings (SSSR count). The number of hydrogen-bond acceptors (Lipinski definition) is 2. The summed E-state index contributed by atoms with van der Waals surface area (Å²) in [7, 11) is 0. The highest BCUT2D eigenvalue weighted by Gasteiger charge is 2.25. The predicted octanol–water partition coefficient (Wildman–Crippen LogP) is 2.58. The third-order valence-corrected chi connectivity index (χ3v) is 3.68. The number of amides is 1. The number of nitrogens with one attached hydrogen (secondary N) is 1. The molecule has 1 amide bonds. The predicted molar refractivity (Wildman–Crippen MR) is 71.6 cm³/mol. The average Bonchev–Trinajstić information content (AvgIpc) is 2.78. The largest absolute Gasteiger partial charge is 0.337 e. The van der Waals surface area contributed by atoms with Crippen molar-refractivity contribution in [2.24, 2.45) is 5.92 Å². The summed E-state index contributed by atoms with van der Waals surface area (Å²) in [5.74, 6) is 0.798. The quantitative estimate of drug-likeness (QED) is 0.831. The van der Waals surface area contributed by atoms with Crippen molar-refractivity contribution in [2.45, 2.75) is 46.0 Å². The molecule has 1 aromatic heterocycles. The topological polar surface area (TPSA) is 49.0 Å². The summed E-state index contributed by atoms with van der Waals surface area (Å²) in [6.07, 6.45) is 2.20. The Balaban J connectivity index is 2.07. The number of rotatable bonds is 1. The Morgan fingerprint density at radius 3 is 2.50 bits per heavy atom. The van der Waals surface area contributed by atoms with Crippen LogP contribution in [0.4, 0.5) is 0 Å². The summed E-state index contributed by atoms with van der Waals surface area (Å²) in [5.41, 5.74) is 1.56. The molecule has 0 bridgehead atoms. The lowest BCUT2D eigenvalue weighted by Gasteiger charge is -2.29. The first kappa shape index (κ1) is 13.1. The second kappa shape index (κ2) is 4.75. The van der Waals surface area contributed by atoms with Crippen LogP contribution in [0.25, 0.3) is 0 Å². The molecule has 0 unspecified atom stereocenters. The number of likely N-dealkylation sites (tertiary alicyclic amines) is 1. The van der Waals surface area contributed by atoms with Gasteiger partial charge in [0.2, 0.25) is 0 Å². The zero-order valence-electron chi connectivity index (χ0n) is 11.8. The van der Waals surface area contributed by atoms with Crippen molar-refractivity contribution in [3.63, 3.8) is 0 Å². The number of hydrogen-bond donors (Lipinski definition) is 1. The van der Waals surface area contributed by atoms with E-state index in [9.17, 15) is 4.79 Å². The van der Waals surface area contributed by atoms with Crippen molar-refractivity contribution < 1.29 is 4.79 Å². The van der Waals surface area contributed by atoms with Gasteiger partial charge in [-0.25, -0.2) is 0 Å². The first-order valence-corrected chi connectivity index (χ1v) is 6.73. The van der Waals surface area contributed by atoms with Crippen molar-refractivity contribution in [1.29, 1.82) is 0 Å². The molecular weight excluding hydrogens is 226 g/mol. The maximum Gasteiger partial charge on any atom is 0.274 e. The lowest BCUT2D eigenvalue weighted by atomic mass is 9.92. The van der Waals surface area contributed by atoms with Crippen molar-refractivity contribution >= 4 is 5.91 Å². The normalized spacial score (nSPS) is 18.1. The molecule has 1 fully saturated rings.